The number of carbonyl (C=O) groups is 2. The van der Waals surface area contributed by atoms with Crippen molar-refractivity contribution in [2.24, 2.45) is 0 Å². The number of carbonyl (C=O) groups excluding carboxylic acids is 2. The zero-order valence-corrected chi connectivity index (χ0v) is 19.1. The van der Waals surface area contributed by atoms with Gasteiger partial charge >= 0.3 is 0 Å². The number of anilines is 1. The molecule has 0 spiro atoms. The van der Waals surface area contributed by atoms with E-state index in [0.29, 0.717) is 27.4 Å². The van der Waals surface area contributed by atoms with E-state index in [4.69, 9.17) is 11.6 Å². The summed E-state index contributed by atoms with van der Waals surface area (Å²) in [4.78, 5) is 37.3. The van der Waals surface area contributed by atoms with E-state index in [0.717, 1.165) is 0 Å². The number of rotatable bonds is 7. The number of hydrogen-bond acceptors (Lipinski definition) is 4. The number of ketones is 1. The molecule has 7 heteroatoms. The zero-order valence-electron chi connectivity index (χ0n) is 18.4. The number of halogens is 1. The Morgan fingerprint density at radius 1 is 0.800 bits per heavy atom. The minimum Gasteiger partial charge on any atom is -0.321 e. The first-order chi connectivity index (χ1) is 16.9. The molecule has 0 heterocycles. The molecule has 0 aliphatic heterocycles. The Balaban J connectivity index is 1.74. The topological polar surface area (TPSA) is 89.3 Å². The monoisotopic (exact) mass is 482 g/mol. The summed E-state index contributed by atoms with van der Waals surface area (Å²) in [5.74, 6) is -0.764. The summed E-state index contributed by atoms with van der Waals surface area (Å²) in [7, 11) is 0. The van der Waals surface area contributed by atoms with E-state index >= 15 is 0 Å². The average Bonchev–Trinajstić information content (AvgIpc) is 2.89. The van der Waals surface area contributed by atoms with Gasteiger partial charge in [0.05, 0.1) is 10.6 Å². The summed E-state index contributed by atoms with van der Waals surface area (Å²) in [6.45, 7) is 0. The molecule has 172 valence electrons. The lowest BCUT2D eigenvalue weighted by atomic mass is 9.99. The van der Waals surface area contributed by atoms with Gasteiger partial charge in [0, 0.05) is 33.9 Å². The fourth-order valence-corrected chi connectivity index (χ4v) is 3.71. The molecule has 0 aromatic heterocycles. The smallest absolute Gasteiger partial charge is 0.270 e. The van der Waals surface area contributed by atoms with E-state index in [1.54, 1.807) is 78.9 Å². The molecule has 0 aliphatic carbocycles. The number of nitro groups is 1. The van der Waals surface area contributed by atoms with E-state index in [1.807, 2.05) is 12.1 Å². The van der Waals surface area contributed by atoms with E-state index in [9.17, 15) is 19.7 Å². The SMILES string of the molecule is O=C(Nc1ccc(Cl)cc1C(=O)c1ccccc1)/C(=C/c1cccc([N+](=O)[O-])c1)c1ccccc1. The molecule has 0 fully saturated rings. The highest BCUT2D eigenvalue weighted by Gasteiger charge is 2.19. The molecule has 4 rings (SSSR count). The highest BCUT2D eigenvalue weighted by Crippen LogP contribution is 2.27. The van der Waals surface area contributed by atoms with Gasteiger partial charge in [0.2, 0.25) is 0 Å². The van der Waals surface area contributed by atoms with Gasteiger partial charge in [0.15, 0.2) is 5.78 Å². The van der Waals surface area contributed by atoms with Crippen molar-refractivity contribution < 1.29 is 14.5 Å². The number of amides is 1. The van der Waals surface area contributed by atoms with Gasteiger partial charge in [-0.2, -0.15) is 0 Å². The summed E-state index contributed by atoms with van der Waals surface area (Å²) in [6.07, 6.45) is 1.58. The molecule has 0 saturated carbocycles. The Morgan fingerprint density at radius 3 is 2.11 bits per heavy atom. The molecule has 6 nitrogen and oxygen atoms in total. The van der Waals surface area contributed by atoms with Crippen LogP contribution in [-0.2, 0) is 4.79 Å². The van der Waals surface area contributed by atoms with Crippen molar-refractivity contribution in [3.63, 3.8) is 0 Å². The van der Waals surface area contributed by atoms with E-state index in [1.165, 1.54) is 18.2 Å². The predicted octanol–water partition coefficient (Wildman–Crippen LogP) is 6.66. The van der Waals surface area contributed by atoms with Crippen LogP contribution in [0.15, 0.2) is 103 Å². The van der Waals surface area contributed by atoms with E-state index in [2.05, 4.69) is 5.32 Å². The number of hydrogen-bond donors (Lipinski definition) is 1. The second kappa shape index (κ2) is 10.6. The predicted molar refractivity (Wildman–Crippen MR) is 137 cm³/mol. The second-order valence-electron chi connectivity index (χ2n) is 7.62. The molecule has 4 aromatic carbocycles. The Kier molecular flexibility index (Phi) is 7.14. The quantitative estimate of drug-likeness (QED) is 0.105. The highest BCUT2D eigenvalue weighted by atomic mass is 35.5. The van der Waals surface area contributed by atoms with Crippen LogP contribution in [-0.4, -0.2) is 16.6 Å². The molecule has 0 atom stereocenters. The number of nitro benzene ring substituents is 1. The Labute approximate surface area is 206 Å². The van der Waals surface area contributed by atoms with Crippen LogP contribution in [0.5, 0.6) is 0 Å². The van der Waals surface area contributed by atoms with Crippen LogP contribution in [0.4, 0.5) is 11.4 Å². The summed E-state index contributed by atoms with van der Waals surface area (Å²) >= 11 is 6.16. The zero-order chi connectivity index (χ0) is 24.8. The number of non-ortho nitro benzene ring substituents is 1. The van der Waals surface area contributed by atoms with Gasteiger partial charge in [0.25, 0.3) is 11.6 Å². The third-order valence-corrected chi connectivity index (χ3v) is 5.47. The maximum atomic E-state index is 13.5. The third-order valence-electron chi connectivity index (χ3n) is 5.23. The normalized spacial score (nSPS) is 11.1. The van der Waals surface area contributed by atoms with Crippen molar-refractivity contribution in [2.75, 3.05) is 5.32 Å². The Morgan fingerprint density at radius 2 is 1.46 bits per heavy atom. The molecule has 1 amide bonds. The van der Waals surface area contributed by atoms with Crippen LogP contribution in [0.3, 0.4) is 0 Å². The molecule has 0 bridgehead atoms. The van der Waals surface area contributed by atoms with Crippen molar-refractivity contribution in [2.45, 2.75) is 0 Å². The fraction of sp³-hybridized carbons (Fsp3) is 0. The van der Waals surface area contributed by atoms with Crippen molar-refractivity contribution in [1.82, 2.24) is 0 Å². The first-order valence-electron chi connectivity index (χ1n) is 10.6. The molecular weight excluding hydrogens is 464 g/mol. The van der Waals surface area contributed by atoms with E-state index < -0.39 is 10.8 Å². The van der Waals surface area contributed by atoms with Gasteiger partial charge in [0.1, 0.15) is 0 Å². The van der Waals surface area contributed by atoms with Crippen molar-refractivity contribution in [3.05, 3.63) is 141 Å². The van der Waals surface area contributed by atoms with Crippen molar-refractivity contribution in [3.8, 4) is 0 Å². The van der Waals surface area contributed by atoms with Crippen LogP contribution in [0.2, 0.25) is 5.02 Å². The van der Waals surface area contributed by atoms with Crippen LogP contribution < -0.4 is 5.32 Å². The van der Waals surface area contributed by atoms with Gasteiger partial charge in [-0.15, -0.1) is 0 Å². The van der Waals surface area contributed by atoms with Crippen molar-refractivity contribution >= 4 is 46.3 Å². The molecule has 4 aromatic rings. The number of nitrogens with zero attached hydrogens (tertiary/aromatic N) is 1. The standard InChI is InChI=1S/C28H19ClN2O4/c29-22-14-15-26(25(18-22)27(32)21-11-5-2-6-12-21)30-28(33)24(20-9-3-1-4-10-20)17-19-8-7-13-23(16-19)31(34)35/h1-18H,(H,30,33)/b24-17+. The number of nitrogens with one attached hydrogen (secondary N) is 1. The summed E-state index contributed by atoms with van der Waals surface area (Å²) < 4.78 is 0. The maximum absolute atomic E-state index is 13.5. The summed E-state index contributed by atoms with van der Waals surface area (Å²) in [5, 5.41) is 14.4. The number of benzene rings is 4. The molecule has 0 radical (unpaired) electrons. The van der Waals surface area contributed by atoms with Crippen molar-refractivity contribution in [1.29, 1.82) is 0 Å². The lowest BCUT2D eigenvalue weighted by Crippen LogP contribution is -2.16. The Hall–Kier alpha value is -4.55. The molecule has 0 saturated heterocycles. The van der Waals surface area contributed by atoms with Gasteiger partial charge in [-0.25, -0.2) is 0 Å². The first kappa shape index (κ1) is 23.6. The first-order valence-corrected chi connectivity index (χ1v) is 11.0. The van der Waals surface area contributed by atoms with Crippen LogP contribution in [0.1, 0.15) is 27.0 Å². The largest absolute Gasteiger partial charge is 0.321 e. The van der Waals surface area contributed by atoms with Gasteiger partial charge in [-0.1, -0.05) is 84.4 Å². The Bertz CT molecular complexity index is 1430. The fourth-order valence-electron chi connectivity index (χ4n) is 3.54. The minimum absolute atomic E-state index is 0.0833. The van der Waals surface area contributed by atoms with Gasteiger partial charge in [-0.3, -0.25) is 19.7 Å². The molecule has 0 aliphatic rings. The lowest BCUT2D eigenvalue weighted by molar-refractivity contribution is -0.384. The second-order valence-corrected chi connectivity index (χ2v) is 8.05. The summed E-state index contributed by atoms with van der Waals surface area (Å²) in [6, 6.07) is 28.3. The van der Waals surface area contributed by atoms with Gasteiger partial charge in [-0.05, 0) is 35.4 Å². The van der Waals surface area contributed by atoms with Crippen LogP contribution in [0, 0.1) is 10.1 Å². The lowest BCUT2D eigenvalue weighted by Gasteiger charge is -2.13. The molecule has 1 N–H and O–H groups in total. The average molecular weight is 483 g/mol. The molecule has 35 heavy (non-hydrogen) atoms. The summed E-state index contributed by atoms with van der Waals surface area (Å²) in [5.41, 5.74) is 2.31. The van der Waals surface area contributed by atoms with Gasteiger partial charge < -0.3 is 5.32 Å². The van der Waals surface area contributed by atoms with Crippen LogP contribution >= 0.6 is 11.6 Å². The maximum Gasteiger partial charge on any atom is 0.270 e. The molecular formula is C28H19ClN2O4. The van der Waals surface area contributed by atoms with Crippen LogP contribution in [0.25, 0.3) is 11.6 Å². The molecule has 0 unspecified atom stereocenters. The highest BCUT2D eigenvalue weighted by molar-refractivity contribution is 6.32. The third kappa shape index (κ3) is 5.69. The van der Waals surface area contributed by atoms with E-state index in [-0.39, 0.29) is 22.6 Å². The minimum atomic E-state index is -0.491.